The van der Waals surface area contributed by atoms with Gasteiger partial charge in [-0.1, -0.05) is 12.1 Å². The quantitative estimate of drug-likeness (QED) is 0.695. The van der Waals surface area contributed by atoms with Crippen molar-refractivity contribution in [2.75, 3.05) is 24.3 Å². The van der Waals surface area contributed by atoms with E-state index in [1.807, 2.05) is 49.3 Å². The number of carbonyl (C=O) groups is 1. The van der Waals surface area contributed by atoms with Gasteiger partial charge in [0.1, 0.15) is 17.5 Å². The van der Waals surface area contributed by atoms with E-state index in [-0.39, 0.29) is 11.4 Å². The van der Waals surface area contributed by atoms with Crippen molar-refractivity contribution in [3.63, 3.8) is 0 Å². The van der Waals surface area contributed by atoms with Gasteiger partial charge in [0.2, 0.25) is 0 Å². The van der Waals surface area contributed by atoms with Crippen molar-refractivity contribution in [3.8, 4) is 6.07 Å². The molecule has 0 bridgehead atoms. The third-order valence-electron chi connectivity index (χ3n) is 3.19. The second-order valence-corrected chi connectivity index (χ2v) is 5.12. The highest BCUT2D eigenvalue weighted by Crippen LogP contribution is 2.16. The standard InChI is InChI=1S/C18H16FN3O/c1-22(2)17-9-3-13(4-10-17)11-14(12-20)18(23)21-16-7-5-15(19)6-8-16/h3-11H,1-2H3,(H,21,23)/b14-11+. The Bertz CT molecular complexity index is 756. The van der Waals surface area contributed by atoms with Crippen LogP contribution in [0.3, 0.4) is 0 Å². The van der Waals surface area contributed by atoms with Crippen LogP contribution in [0.25, 0.3) is 6.08 Å². The molecule has 0 aliphatic carbocycles. The van der Waals surface area contributed by atoms with Gasteiger partial charge in [0.15, 0.2) is 0 Å². The Hall–Kier alpha value is -3.13. The number of nitriles is 1. The first-order valence-corrected chi connectivity index (χ1v) is 6.95. The molecule has 23 heavy (non-hydrogen) atoms. The van der Waals surface area contributed by atoms with Gasteiger partial charge in [-0.2, -0.15) is 5.26 Å². The van der Waals surface area contributed by atoms with Gasteiger partial charge in [0.05, 0.1) is 0 Å². The topological polar surface area (TPSA) is 56.1 Å². The van der Waals surface area contributed by atoms with E-state index in [0.29, 0.717) is 5.69 Å². The van der Waals surface area contributed by atoms with E-state index in [4.69, 9.17) is 0 Å². The van der Waals surface area contributed by atoms with Crippen LogP contribution in [0, 0.1) is 17.1 Å². The highest BCUT2D eigenvalue weighted by atomic mass is 19.1. The second-order valence-electron chi connectivity index (χ2n) is 5.12. The molecule has 2 aromatic rings. The third kappa shape index (κ3) is 4.42. The van der Waals surface area contributed by atoms with Crippen molar-refractivity contribution in [3.05, 3.63) is 65.5 Å². The van der Waals surface area contributed by atoms with E-state index in [0.717, 1.165) is 11.3 Å². The highest BCUT2D eigenvalue weighted by Gasteiger charge is 2.09. The van der Waals surface area contributed by atoms with Crippen LogP contribution in [-0.4, -0.2) is 20.0 Å². The average molecular weight is 309 g/mol. The second kappa shape index (κ2) is 7.23. The molecular formula is C18H16FN3O. The zero-order valence-electron chi connectivity index (χ0n) is 12.9. The number of carbonyl (C=O) groups excluding carboxylic acids is 1. The first-order valence-electron chi connectivity index (χ1n) is 6.95. The molecule has 0 heterocycles. The lowest BCUT2D eigenvalue weighted by Gasteiger charge is -2.11. The fourth-order valence-corrected chi connectivity index (χ4v) is 1.92. The lowest BCUT2D eigenvalue weighted by molar-refractivity contribution is -0.112. The normalized spacial score (nSPS) is 10.8. The summed E-state index contributed by atoms with van der Waals surface area (Å²) >= 11 is 0. The molecule has 0 atom stereocenters. The molecule has 0 aliphatic heterocycles. The van der Waals surface area contributed by atoms with Crippen molar-refractivity contribution in [2.24, 2.45) is 0 Å². The molecule has 0 aromatic heterocycles. The minimum Gasteiger partial charge on any atom is -0.378 e. The molecule has 5 heteroatoms. The molecule has 1 N–H and O–H groups in total. The zero-order chi connectivity index (χ0) is 16.8. The van der Waals surface area contributed by atoms with Crippen molar-refractivity contribution in [2.45, 2.75) is 0 Å². The molecule has 4 nitrogen and oxygen atoms in total. The van der Waals surface area contributed by atoms with Crippen LogP contribution >= 0.6 is 0 Å². The largest absolute Gasteiger partial charge is 0.378 e. The minimum atomic E-state index is -0.532. The van der Waals surface area contributed by atoms with Crippen molar-refractivity contribution >= 4 is 23.4 Å². The molecule has 0 spiro atoms. The number of anilines is 2. The van der Waals surface area contributed by atoms with E-state index in [2.05, 4.69) is 5.32 Å². The van der Waals surface area contributed by atoms with E-state index in [1.54, 1.807) is 0 Å². The van der Waals surface area contributed by atoms with Gasteiger partial charge < -0.3 is 10.2 Å². The average Bonchev–Trinajstić information content (AvgIpc) is 2.55. The maximum Gasteiger partial charge on any atom is 0.266 e. The van der Waals surface area contributed by atoms with Gasteiger partial charge in [-0.05, 0) is 48.0 Å². The van der Waals surface area contributed by atoms with Gasteiger partial charge >= 0.3 is 0 Å². The Balaban J connectivity index is 2.16. The SMILES string of the molecule is CN(C)c1ccc(/C=C(\C#N)C(=O)Nc2ccc(F)cc2)cc1. The fourth-order valence-electron chi connectivity index (χ4n) is 1.92. The van der Waals surface area contributed by atoms with Gasteiger partial charge in [-0.3, -0.25) is 4.79 Å². The Kier molecular flexibility index (Phi) is 5.11. The van der Waals surface area contributed by atoms with E-state index in [1.165, 1.54) is 30.3 Å². The van der Waals surface area contributed by atoms with E-state index >= 15 is 0 Å². The van der Waals surface area contributed by atoms with Crippen LogP contribution in [0.1, 0.15) is 5.56 Å². The Morgan fingerprint density at radius 1 is 1.13 bits per heavy atom. The van der Waals surface area contributed by atoms with Crippen LogP contribution in [0.4, 0.5) is 15.8 Å². The highest BCUT2D eigenvalue weighted by molar-refractivity contribution is 6.09. The number of amides is 1. The minimum absolute atomic E-state index is 0.0214. The van der Waals surface area contributed by atoms with Crippen LogP contribution in [-0.2, 0) is 4.79 Å². The summed E-state index contributed by atoms with van der Waals surface area (Å²) in [5, 5.41) is 11.7. The smallest absolute Gasteiger partial charge is 0.266 e. The van der Waals surface area contributed by atoms with Crippen molar-refractivity contribution in [1.82, 2.24) is 0 Å². The molecule has 0 radical (unpaired) electrons. The summed E-state index contributed by atoms with van der Waals surface area (Å²) in [6, 6.07) is 14.7. The maximum atomic E-state index is 12.8. The molecule has 2 aromatic carbocycles. The summed E-state index contributed by atoms with van der Waals surface area (Å²) in [7, 11) is 3.86. The molecule has 116 valence electrons. The first kappa shape index (κ1) is 16.2. The summed E-state index contributed by atoms with van der Waals surface area (Å²) in [6.07, 6.45) is 1.51. The summed E-state index contributed by atoms with van der Waals surface area (Å²) in [5.41, 5.74) is 2.19. The molecule has 0 unspecified atom stereocenters. The Morgan fingerprint density at radius 2 is 1.74 bits per heavy atom. The van der Waals surface area contributed by atoms with E-state index in [9.17, 15) is 14.4 Å². The molecule has 0 fully saturated rings. The van der Waals surface area contributed by atoms with Crippen molar-refractivity contribution in [1.29, 1.82) is 5.26 Å². The fraction of sp³-hybridized carbons (Fsp3) is 0.111. The summed E-state index contributed by atoms with van der Waals surface area (Å²) in [6.45, 7) is 0. The molecule has 0 saturated carbocycles. The lowest BCUT2D eigenvalue weighted by atomic mass is 10.1. The first-order chi connectivity index (χ1) is 11.0. The summed E-state index contributed by atoms with van der Waals surface area (Å²) in [4.78, 5) is 14.1. The number of benzene rings is 2. The van der Waals surface area contributed by atoms with Gasteiger partial charge in [0, 0.05) is 25.5 Å². The zero-order valence-corrected chi connectivity index (χ0v) is 12.9. The van der Waals surface area contributed by atoms with Gasteiger partial charge in [0.25, 0.3) is 5.91 Å². The summed E-state index contributed by atoms with van der Waals surface area (Å²) in [5.74, 6) is -0.921. The number of hydrogen-bond donors (Lipinski definition) is 1. The molecule has 0 aliphatic rings. The van der Waals surface area contributed by atoms with Crippen molar-refractivity contribution < 1.29 is 9.18 Å². The number of halogens is 1. The van der Waals surface area contributed by atoms with Gasteiger partial charge in [-0.15, -0.1) is 0 Å². The molecule has 0 saturated heterocycles. The lowest BCUT2D eigenvalue weighted by Crippen LogP contribution is -2.13. The molecular weight excluding hydrogens is 293 g/mol. The van der Waals surface area contributed by atoms with Crippen LogP contribution in [0.5, 0.6) is 0 Å². The predicted molar refractivity (Wildman–Crippen MR) is 89.4 cm³/mol. The number of hydrogen-bond acceptors (Lipinski definition) is 3. The van der Waals surface area contributed by atoms with Crippen LogP contribution in [0.2, 0.25) is 0 Å². The predicted octanol–water partition coefficient (Wildman–Crippen LogP) is 3.44. The number of nitrogens with zero attached hydrogens (tertiary/aromatic N) is 2. The monoisotopic (exact) mass is 309 g/mol. The number of nitrogens with one attached hydrogen (secondary N) is 1. The van der Waals surface area contributed by atoms with Gasteiger partial charge in [-0.25, -0.2) is 4.39 Å². The maximum absolute atomic E-state index is 12.8. The number of rotatable bonds is 4. The summed E-state index contributed by atoms with van der Waals surface area (Å²) < 4.78 is 12.8. The van der Waals surface area contributed by atoms with E-state index < -0.39 is 5.91 Å². The Morgan fingerprint density at radius 3 is 2.26 bits per heavy atom. The molecule has 2 rings (SSSR count). The molecule has 1 amide bonds. The third-order valence-corrected chi connectivity index (χ3v) is 3.19. The van der Waals surface area contributed by atoms with Crippen LogP contribution < -0.4 is 10.2 Å². The Labute approximate surface area is 134 Å². The van der Waals surface area contributed by atoms with Crippen LogP contribution in [0.15, 0.2) is 54.1 Å².